The summed E-state index contributed by atoms with van der Waals surface area (Å²) < 4.78 is 42.1. The van der Waals surface area contributed by atoms with Crippen molar-refractivity contribution in [1.82, 2.24) is 19.3 Å². The number of anilines is 2. The summed E-state index contributed by atoms with van der Waals surface area (Å²) >= 11 is 5.78. The lowest BCUT2D eigenvalue weighted by molar-refractivity contribution is -0.125. The first-order valence-corrected chi connectivity index (χ1v) is 14.4. The van der Waals surface area contributed by atoms with E-state index >= 15 is 0 Å². The fourth-order valence-corrected chi connectivity index (χ4v) is 6.33. The second kappa shape index (κ2) is 10.8. The first kappa shape index (κ1) is 26.8. The van der Waals surface area contributed by atoms with Crippen LogP contribution in [-0.4, -0.2) is 67.8 Å². The molecule has 0 bridgehead atoms. The van der Waals surface area contributed by atoms with Gasteiger partial charge in [-0.3, -0.25) is 14.6 Å². The minimum absolute atomic E-state index is 0.0673. The van der Waals surface area contributed by atoms with Gasteiger partial charge in [-0.2, -0.15) is 17.4 Å². The van der Waals surface area contributed by atoms with Crippen molar-refractivity contribution < 1.29 is 22.4 Å². The molecule has 2 unspecified atom stereocenters. The molecule has 0 radical (unpaired) electrons. The summed E-state index contributed by atoms with van der Waals surface area (Å²) in [4.78, 5) is 32.8. The van der Waals surface area contributed by atoms with E-state index in [1.54, 1.807) is 0 Å². The number of carbonyl (C=O) groups is 2. The zero-order valence-electron chi connectivity index (χ0n) is 20.9. The third kappa shape index (κ3) is 5.93. The number of benzene rings is 1. The third-order valence-corrected chi connectivity index (χ3v) is 9.23. The van der Waals surface area contributed by atoms with Crippen LogP contribution in [0.25, 0.3) is 0 Å². The number of nitrogens with one attached hydrogen (secondary N) is 3. The molecule has 1 aromatic heterocycles. The predicted molar refractivity (Wildman–Crippen MR) is 142 cm³/mol. The molecule has 2 aliphatic heterocycles. The van der Waals surface area contributed by atoms with Gasteiger partial charge in [0.15, 0.2) is 0 Å². The van der Waals surface area contributed by atoms with Gasteiger partial charge in [-0.05, 0) is 62.4 Å². The molecule has 3 aliphatic rings. The van der Waals surface area contributed by atoms with Gasteiger partial charge in [0, 0.05) is 55.4 Å². The second-order valence-electron chi connectivity index (χ2n) is 10.0. The highest BCUT2D eigenvalue weighted by Crippen LogP contribution is 2.40. The lowest BCUT2D eigenvalue weighted by Gasteiger charge is -2.37. The predicted octanol–water partition coefficient (Wildman–Crippen LogP) is 2.38. The van der Waals surface area contributed by atoms with Crippen LogP contribution >= 0.6 is 11.6 Å². The molecule has 38 heavy (non-hydrogen) atoms. The van der Waals surface area contributed by atoms with Crippen LogP contribution in [0.2, 0.25) is 5.02 Å². The molecular formula is C25H30ClFN6O4S. The van der Waals surface area contributed by atoms with E-state index in [-0.39, 0.29) is 23.2 Å². The van der Waals surface area contributed by atoms with Crippen molar-refractivity contribution in [3.05, 3.63) is 53.1 Å². The number of hydrogen-bond acceptors (Lipinski definition) is 6. The number of likely N-dealkylation sites (N-methyl/N-ethyl adjacent to an activating group) is 1. The number of carbonyl (C=O) groups excluding carboxylic acids is 2. The number of piperidine rings is 1. The number of amides is 2. The van der Waals surface area contributed by atoms with E-state index in [0.29, 0.717) is 18.8 Å². The van der Waals surface area contributed by atoms with Gasteiger partial charge in [0.1, 0.15) is 17.9 Å². The Balaban J connectivity index is 1.18. The Morgan fingerprint density at radius 2 is 1.84 bits per heavy atom. The number of nitrogens with zero attached hydrogens (tertiary/aromatic N) is 3. The summed E-state index contributed by atoms with van der Waals surface area (Å²) in [6.45, 7) is 1.51. The van der Waals surface area contributed by atoms with E-state index in [4.69, 9.17) is 11.6 Å². The molecule has 10 nitrogen and oxygen atoms in total. The van der Waals surface area contributed by atoms with Crippen LogP contribution in [0.3, 0.4) is 0 Å². The van der Waals surface area contributed by atoms with E-state index in [9.17, 15) is 22.4 Å². The zero-order chi connectivity index (χ0) is 27.0. The van der Waals surface area contributed by atoms with Crippen molar-refractivity contribution >= 4 is 45.0 Å². The summed E-state index contributed by atoms with van der Waals surface area (Å²) in [5.74, 6) is -1.18. The topological polar surface area (TPSA) is 124 Å². The van der Waals surface area contributed by atoms with Crippen molar-refractivity contribution in [2.45, 2.75) is 56.1 Å². The molecule has 2 saturated heterocycles. The van der Waals surface area contributed by atoms with Crippen LogP contribution < -0.4 is 20.3 Å². The van der Waals surface area contributed by atoms with Gasteiger partial charge in [0.2, 0.25) is 11.8 Å². The van der Waals surface area contributed by atoms with Crippen LogP contribution in [0.15, 0.2) is 36.5 Å². The Hall–Kier alpha value is -2.80. The van der Waals surface area contributed by atoms with Gasteiger partial charge >= 0.3 is 0 Å². The molecule has 1 aromatic carbocycles. The summed E-state index contributed by atoms with van der Waals surface area (Å²) in [6, 6.07) is 5.45. The number of aromatic nitrogens is 1. The number of pyridine rings is 1. The van der Waals surface area contributed by atoms with Crippen molar-refractivity contribution in [2.24, 2.45) is 0 Å². The number of halogens is 2. The van der Waals surface area contributed by atoms with Gasteiger partial charge in [0.05, 0.1) is 5.02 Å². The third-order valence-electron chi connectivity index (χ3n) is 7.34. The Morgan fingerprint density at radius 3 is 2.53 bits per heavy atom. The van der Waals surface area contributed by atoms with E-state index in [1.807, 2.05) is 12.3 Å². The highest BCUT2D eigenvalue weighted by Gasteiger charge is 2.43. The van der Waals surface area contributed by atoms with Crippen molar-refractivity contribution in [1.29, 1.82) is 0 Å². The number of hydrogen-bond donors (Lipinski definition) is 3. The first-order valence-electron chi connectivity index (χ1n) is 12.6. The van der Waals surface area contributed by atoms with Gasteiger partial charge in [-0.1, -0.05) is 11.6 Å². The van der Waals surface area contributed by atoms with E-state index in [0.717, 1.165) is 34.8 Å². The Labute approximate surface area is 226 Å². The molecule has 1 saturated carbocycles. The number of rotatable bonds is 6. The molecule has 204 valence electrons. The summed E-state index contributed by atoms with van der Waals surface area (Å²) in [6.07, 6.45) is 5.58. The van der Waals surface area contributed by atoms with Crippen molar-refractivity contribution in [3.63, 3.8) is 0 Å². The normalized spacial score (nSPS) is 24.1. The highest BCUT2D eigenvalue weighted by atomic mass is 35.5. The fraction of sp³-hybridized carbons (Fsp3) is 0.480. The van der Waals surface area contributed by atoms with E-state index < -0.39 is 39.9 Å². The maximum atomic E-state index is 13.5. The summed E-state index contributed by atoms with van der Waals surface area (Å²) in [7, 11) is -2.82. The lowest BCUT2D eigenvalue weighted by Crippen LogP contribution is -2.63. The molecular weight excluding hydrogens is 535 g/mol. The molecule has 13 heteroatoms. The standard InChI is InChI=1S/C25H30ClFN6O4S/c1-32-23(25(35)30-17-4-5-20(27)19(26)12-17)14-22(31-38(32,36)37)24(34)29-16-7-10-33(11-8-16)18-6-9-28-21(13-18)15-2-3-15/h4-6,9,12-13,15-16,22-23,31H,2-3,7-8,10-11,14H2,1H3,(H,29,34)(H,30,35). The molecule has 2 atom stereocenters. The van der Waals surface area contributed by atoms with E-state index in [1.165, 1.54) is 32.0 Å². The largest absolute Gasteiger partial charge is 0.371 e. The van der Waals surface area contributed by atoms with Gasteiger partial charge < -0.3 is 15.5 Å². The van der Waals surface area contributed by atoms with Gasteiger partial charge in [-0.25, -0.2) is 4.39 Å². The highest BCUT2D eigenvalue weighted by molar-refractivity contribution is 7.87. The van der Waals surface area contributed by atoms with Crippen LogP contribution in [0.1, 0.15) is 43.7 Å². The van der Waals surface area contributed by atoms with Gasteiger partial charge in [0.25, 0.3) is 10.2 Å². The monoisotopic (exact) mass is 564 g/mol. The minimum Gasteiger partial charge on any atom is -0.371 e. The quantitative estimate of drug-likeness (QED) is 0.495. The van der Waals surface area contributed by atoms with Crippen LogP contribution in [0.5, 0.6) is 0 Å². The fourth-order valence-electron chi connectivity index (χ4n) is 4.90. The summed E-state index contributed by atoms with van der Waals surface area (Å²) in [5, 5.41) is 5.34. The smallest absolute Gasteiger partial charge is 0.280 e. The second-order valence-corrected chi connectivity index (χ2v) is 12.2. The molecule has 3 N–H and O–H groups in total. The van der Waals surface area contributed by atoms with Crippen molar-refractivity contribution in [3.8, 4) is 0 Å². The molecule has 1 aliphatic carbocycles. The molecule has 3 fully saturated rings. The Kier molecular flexibility index (Phi) is 7.58. The lowest BCUT2D eigenvalue weighted by atomic mass is 10.0. The van der Waals surface area contributed by atoms with Crippen molar-refractivity contribution in [2.75, 3.05) is 30.4 Å². The maximum Gasteiger partial charge on any atom is 0.280 e. The molecule has 5 rings (SSSR count). The van der Waals surface area contributed by atoms with Gasteiger partial charge in [-0.15, -0.1) is 0 Å². The van der Waals surface area contributed by atoms with Crippen LogP contribution in [0, 0.1) is 5.82 Å². The molecule has 0 spiro atoms. The van der Waals surface area contributed by atoms with Crippen LogP contribution in [0.4, 0.5) is 15.8 Å². The SMILES string of the molecule is CN1C(C(=O)Nc2ccc(F)c(Cl)c2)CC(C(=O)NC2CCN(c3ccnc(C4CC4)c3)CC2)NS1(=O)=O. The first-order chi connectivity index (χ1) is 18.1. The minimum atomic E-state index is -4.09. The summed E-state index contributed by atoms with van der Waals surface area (Å²) in [5.41, 5.74) is 2.48. The van der Waals surface area contributed by atoms with E-state index in [2.05, 4.69) is 31.3 Å². The Bertz CT molecular complexity index is 1330. The Morgan fingerprint density at radius 1 is 1.11 bits per heavy atom. The molecule has 3 heterocycles. The maximum absolute atomic E-state index is 13.5. The average molecular weight is 565 g/mol. The average Bonchev–Trinajstić information content (AvgIpc) is 3.74. The molecule has 2 amide bonds. The van der Waals surface area contributed by atoms with Crippen LogP contribution in [-0.2, 0) is 19.8 Å². The zero-order valence-corrected chi connectivity index (χ0v) is 22.4. The molecule has 2 aromatic rings.